The van der Waals surface area contributed by atoms with Crippen LogP contribution in [0.3, 0.4) is 0 Å². The number of allylic oxidation sites excluding steroid dienone is 2. The number of carbonyl (C=O) groups is 1. The highest BCUT2D eigenvalue weighted by molar-refractivity contribution is 7.89. The molecule has 1 saturated heterocycles. The van der Waals surface area contributed by atoms with E-state index < -0.39 is 22.0 Å². The largest absolute Gasteiger partial charge is 0.498 e. The number of rotatable bonds is 5. The van der Waals surface area contributed by atoms with Crippen LogP contribution in [0.5, 0.6) is 0 Å². The van der Waals surface area contributed by atoms with Crippen molar-refractivity contribution in [2.75, 3.05) is 7.11 Å². The highest BCUT2D eigenvalue weighted by atomic mass is 32.2. The molecule has 1 saturated carbocycles. The van der Waals surface area contributed by atoms with E-state index in [2.05, 4.69) is 32.9 Å². The molecular weight excluding hydrogens is 506 g/mol. The number of fused-ring (bicyclic) bond motifs is 4. The van der Waals surface area contributed by atoms with E-state index >= 15 is 0 Å². The molecule has 2 aliphatic carbocycles. The zero-order chi connectivity index (χ0) is 27.6. The fourth-order valence-corrected chi connectivity index (χ4v) is 9.62. The summed E-state index contributed by atoms with van der Waals surface area (Å²) in [5.41, 5.74) is 4.94. The lowest BCUT2D eigenvalue weighted by Crippen LogP contribution is -2.37. The zero-order valence-electron chi connectivity index (χ0n) is 23.0. The van der Waals surface area contributed by atoms with Gasteiger partial charge in [0.2, 0.25) is 0 Å². The zero-order valence-corrected chi connectivity index (χ0v) is 23.9. The number of sulfonamides is 1. The van der Waals surface area contributed by atoms with Crippen molar-refractivity contribution in [3.8, 4) is 0 Å². The first-order valence-corrected chi connectivity index (χ1v) is 15.2. The average molecular weight is 542 g/mol. The maximum Gasteiger partial charge on any atom is 0.264 e. The van der Waals surface area contributed by atoms with E-state index in [0.717, 1.165) is 22.3 Å². The maximum atomic E-state index is 14.5. The Morgan fingerprint density at radius 2 is 1.28 bits per heavy atom. The van der Waals surface area contributed by atoms with E-state index in [1.54, 1.807) is 35.7 Å². The van der Waals surface area contributed by atoms with Gasteiger partial charge >= 0.3 is 0 Å². The summed E-state index contributed by atoms with van der Waals surface area (Å²) in [6.07, 6.45) is 0. The van der Waals surface area contributed by atoms with Gasteiger partial charge < -0.3 is 4.74 Å². The van der Waals surface area contributed by atoms with Gasteiger partial charge in [0.25, 0.3) is 10.0 Å². The van der Waals surface area contributed by atoms with Crippen LogP contribution in [0.4, 0.5) is 0 Å². The van der Waals surface area contributed by atoms with Crippen LogP contribution in [-0.2, 0) is 19.6 Å². The molecule has 0 amide bonds. The first-order valence-electron chi connectivity index (χ1n) is 13.7. The van der Waals surface area contributed by atoms with Crippen molar-refractivity contribution in [1.29, 1.82) is 0 Å². The summed E-state index contributed by atoms with van der Waals surface area (Å²) >= 11 is 0. The van der Waals surface area contributed by atoms with Gasteiger partial charge in [-0.25, -0.2) is 8.42 Å². The minimum absolute atomic E-state index is 0.0376. The molecule has 202 valence electrons. The first kappa shape index (κ1) is 25.9. The Morgan fingerprint density at radius 3 is 1.87 bits per heavy atom. The molecule has 3 aromatic carbocycles. The van der Waals surface area contributed by atoms with Crippen molar-refractivity contribution in [2.24, 2.45) is 29.6 Å². The Hall–Kier alpha value is -3.38. The summed E-state index contributed by atoms with van der Waals surface area (Å²) in [6.45, 7) is 8.38. The van der Waals surface area contributed by atoms with Crippen LogP contribution in [0.1, 0.15) is 48.1 Å². The molecular formula is C33H35NO4S. The van der Waals surface area contributed by atoms with Gasteiger partial charge in [-0.15, -0.1) is 0 Å². The molecule has 0 radical (unpaired) electrons. The lowest BCUT2D eigenvalue weighted by molar-refractivity contribution is -0.126. The molecule has 2 fully saturated rings. The summed E-state index contributed by atoms with van der Waals surface area (Å²) in [4.78, 5) is 14.4. The predicted molar refractivity (Wildman–Crippen MR) is 151 cm³/mol. The van der Waals surface area contributed by atoms with E-state index in [4.69, 9.17) is 4.74 Å². The molecule has 6 rings (SSSR count). The van der Waals surface area contributed by atoms with E-state index in [9.17, 15) is 13.2 Å². The molecule has 0 aromatic heterocycles. The second-order valence-corrected chi connectivity index (χ2v) is 13.2. The molecule has 39 heavy (non-hydrogen) atoms. The van der Waals surface area contributed by atoms with Gasteiger partial charge in [-0.1, -0.05) is 80.6 Å². The fraction of sp³-hybridized carbons (Fsp3) is 0.364. The van der Waals surface area contributed by atoms with Crippen LogP contribution in [0, 0.1) is 43.4 Å². The molecule has 1 aliphatic heterocycles. The van der Waals surface area contributed by atoms with Gasteiger partial charge in [-0.05, 0) is 60.1 Å². The smallest absolute Gasteiger partial charge is 0.264 e. The number of methoxy groups -OCH3 is 1. The van der Waals surface area contributed by atoms with Gasteiger partial charge in [-0.3, -0.25) is 9.10 Å². The monoisotopic (exact) mass is 541 g/mol. The van der Waals surface area contributed by atoms with Crippen molar-refractivity contribution in [3.05, 3.63) is 113 Å². The van der Waals surface area contributed by atoms with Gasteiger partial charge in [0.1, 0.15) is 11.5 Å². The van der Waals surface area contributed by atoms with Crippen LogP contribution in [0.2, 0.25) is 0 Å². The Bertz CT molecular complexity index is 1580. The highest BCUT2D eigenvalue weighted by Gasteiger charge is 2.65. The van der Waals surface area contributed by atoms with Gasteiger partial charge in [-0.2, -0.15) is 0 Å². The average Bonchev–Trinajstić information content (AvgIpc) is 3.32. The predicted octanol–water partition coefficient (Wildman–Crippen LogP) is 6.41. The Balaban J connectivity index is 1.63. The van der Waals surface area contributed by atoms with E-state index in [-0.39, 0.29) is 40.3 Å². The van der Waals surface area contributed by atoms with Crippen LogP contribution in [-0.4, -0.2) is 25.6 Å². The third kappa shape index (κ3) is 3.64. The second kappa shape index (κ2) is 9.37. The number of carbonyl (C=O) groups excluding carboxylic acids is 1. The molecule has 0 N–H and O–H groups in total. The third-order valence-electron chi connectivity index (χ3n) is 9.49. The molecule has 1 heterocycles. The topological polar surface area (TPSA) is 63.7 Å². The number of ketones is 1. The van der Waals surface area contributed by atoms with Gasteiger partial charge in [0, 0.05) is 17.8 Å². The molecule has 5 nitrogen and oxygen atoms in total. The van der Waals surface area contributed by atoms with Crippen molar-refractivity contribution in [1.82, 2.24) is 4.31 Å². The Morgan fingerprint density at radius 1 is 0.718 bits per heavy atom. The number of aryl methyl sites for hydroxylation is 2. The standard InChI is InChI=1S/C33H35NO4S/c1-19-13-9-11-17-24(19)26-21(3)28-27-22(4)30(25-18-12-10-14-20(25)2)34(31(27)33(38-5)29(26)32(28)35)39(36,37)23-15-7-6-8-16-23/h6-18,21-22,26-30H,1-5H3/t21-,22-,26+,27-,28-,29-,30-/m1/s1. The number of hydrogen-bond acceptors (Lipinski definition) is 4. The lowest BCUT2D eigenvalue weighted by atomic mass is 9.72. The minimum Gasteiger partial charge on any atom is -0.498 e. The van der Waals surface area contributed by atoms with Gasteiger partial charge in [0.15, 0.2) is 0 Å². The van der Waals surface area contributed by atoms with E-state index in [1.165, 1.54) is 0 Å². The van der Waals surface area contributed by atoms with Crippen LogP contribution >= 0.6 is 0 Å². The lowest BCUT2D eigenvalue weighted by Gasteiger charge is -2.34. The van der Waals surface area contributed by atoms with Crippen molar-refractivity contribution in [2.45, 2.75) is 44.6 Å². The van der Waals surface area contributed by atoms with E-state index in [0.29, 0.717) is 11.5 Å². The van der Waals surface area contributed by atoms with Gasteiger partial charge in [0.05, 0.1) is 29.7 Å². The Kier molecular flexibility index (Phi) is 6.22. The fourth-order valence-electron chi connectivity index (χ4n) is 7.82. The molecule has 3 aromatic rings. The van der Waals surface area contributed by atoms with Crippen molar-refractivity contribution >= 4 is 15.8 Å². The summed E-state index contributed by atoms with van der Waals surface area (Å²) in [7, 11) is -2.37. The molecule has 6 heteroatoms. The van der Waals surface area contributed by atoms with Crippen LogP contribution < -0.4 is 0 Å². The van der Waals surface area contributed by atoms with Crippen LogP contribution in [0.25, 0.3) is 0 Å². The molecule has 2 bridgehead atoms. The number of benzene rings is 3. The normalized spacial score (nSPS) is 30.0. The molecule has 7 atom stereocenters. The summed E-state index contributed by atoms with van der Waals surface area (Å²) in [6, 6.07) is 24.4. The third-order valence-corrected chi connectivity index (χ3v) is 11.3. The van der Waals surface area contributed by atoms with E-state index in [1.807, 2.05) is 49.4 Å². The van der Waals surface area contributed by atoms with Crippen LogP contribution in [0.15, 0.2) is 95.2 Å². The number of Topliss-reactive ketones (excluding diaryl/α,β-unsaturated/α-hetero) is 1. The van der Waals surface area contributed by atoms with Crippen molar-refractivity contribution in [3.63, 3.8) is 0 Å². The summed E-state index contributed by atoms with van der Waals surface area (Å²) < 4.78 is 36.8. The SMILES string of the molecule is COC1=C2[C@H]([C@@H](C)[C@H](c3ccccc3C)N2S(=O)(=O)c2ccccc2)[C@@H]2C(=O)[C@H]1[C@H](c1ccccc1C)[C@H]2C. The quantitative estimate of drug-likeness (QED) is 0.375. The first-order chi connectivity index (χ1) is 18.7. The number of ether oxygens (including phenoxy) is 1. The van der Waals surface area contributed by atoms with Crippen molar-refractivity contribution < 1.29 is 17.9 Å². The Labute approximate surface area is 231 Å². The highest BCUT2D eigenvalue weighted by Crippen LogP contribution is 2.64. The minimum atomic E-state index is -3.96. The number of nitrogens with zero attached hydrogens (tertiary/aromatic N) is 1. The molecule has 0 unspecified atom stereocenters. The summed E-state index contributed by atoms with van der Waals surface area (Å²) in [5.74, 6) is -0.534. The molecule has 3 aliphatic rings. The number of hydrogen-bond donors (Lipinski definition) is 0. The molecule has 0 spiro atoms. The summed E-state index contributed by atoms with van der Waals surface area (Å²) in [5, 5.41) is 0. The second-order valence-electron chi connectivity index (χ2n) is 11.4. The maximum absolute atomic E-state index is 14.5.